The SMILES string of the molecule is CCNC(=NCc1cc(OC)c(OC)c(OC)c1)NCc1ccc(N(C)C)cc1C.I. The smallest absolute Gasteiger partial charge is 0.203 e. The number of guanidine groups is 1. The number of methoxy groups -OCH3 is 3. The van der Waals surface area contributed by atoms with Crippen LogP contribution in [0.15, 0.2) is 35.3 Å². The van der Waals surface area contributed by atoms with Gasteiger partial charge in [0.15, 0.2) is 17.5 Å². The minimum absolute atomic E-state index is 0. The molecule has 31 heavy (non-hydrogen) atoms. The Kier molecular flexibility index (Phi) is 11.3. The van der Waals surface area contributed by atoms with Crippen LogP contribution in [0.4, 0.5) is 5.69 Å². The number of nitrogens with zero attached hydrogens (tertiary/aromatic N) is 2. The molecule has 0 spiro atoms. The highest BCUT2D eigenvalue weighted by molar-refractivity contribution is 14.0. The number of halogens is 1. The molecule has 8 heteroatoms. The molecule has 0 saturated carbocycles. The van der Waals surface area contributed by atoms with Crippen LogP contribution in [-0.2, 0) is 13.1 Å². The lowest BCUT2D eigenvalue weighted by atomic mass is 10.1. The number of hydrogen-bond acceptors (Lipinski definition) is 5. The Morgan fingerprint density at radius 2 is 1.61 bits per heavy atom. The molecule has 0 atom stereocenters. The molecule has 0 aliphatic carbocycles. The molecule has 0 saturated heterocycles. The van der Waals surface area contributed by atoms with E-state index < -0.39 is 0 Å². The average molecular weight is 542 g/mol. The van der Waals surface area contributed by atoms with Gasteiger partial charge in [-0.1, -0.05) is 6.07 Å². The summed E-state index contributed by atoms with van der Waals surface area (Å²) in [5.74, 6) is 2.57. The fraction of sp³-hybridized carbons (Fsp3) is 0.435. The third-order valence-electron chi connectivity index (χ3n) is 4.78. The largest absolute Gasteiger partial charge is 0.493 e. The Labute approximate surface area is 203 Å². The van der Waals surface area contributed by atoms with Gasteiger partial charge in [-0.3, -0.25) is 0 Å². The van der Waals surface area contributed by atoms with Gasteiger partial charge in [-0.15, -0.1) is 24.0 Å². The van der Waals surface area contributed by atoms with Gasteiger partial charge in [-0.2, -0.15) is 0 Å². The number of hydrogen-bond donors (Lipinski definition) is 2. The molecular weight excluding hydrogens is 507 g/mol. The van der Waals surface area contributed by atoms with Crippen LogP contribution in [0.5, 0.6) is 17.2 Å². The molecule has 0 aromatic heterocycles. The molecule has 0 unspecified atom stereocenters. The van der Waals surface area contributed by atoms with Crippen molar-refractivity contribution in [1.29, 1.82) is 0 Å². The van der Waals surface area contributed by atoms with Gasteiger partial charge in [0.2, 0.25) is 5.75 Å². The van der Waals surface area contributed by atoms with Crippen molar-refractivity contribution in [2.24, 2.45) is 4.99 Å². The van der Waals surface area contributed by atoms with Crippen LogP contribution in [0, 0.1) is 6.92 Å². The number of aryl methyl sites for hydroxylation is 1. The van der Waals surface area contributed by atoms with E-state index in [-0.39, 0.29) is 24.0 Å². The van der Waals surface area contributed by atoms with Crippen molar-refractivity contribution in [3.8, 4) is 17.2 Å². The lowest BCUT2D eigenvalue weighted by Gasteiger charge is -2.17. The zero-order chi connectivity index (χ0) is 22.1. The second-order valence-corrected chi connectivity index (χ2v) is 7.09. The molecule has 2 rings (SSSR count). The Hall–Kier alpha value is -2.36. The Morgan fingerprint density at radius 3 is 2.10 bits per heavy atom. The maximum atomic E-state index is 5.43. The maximum absolute atomic E-state index is 5.43. The van der Waals surface area contributed by atoms with Crippen LogP contribution in [0.1, 0.15) is 23.6 Å². The van der Waals surface area contributed by atoms with Gasteiger partial charge in [-0.05, 0) is 54.8 Å². The zero-order valence-corrected chi connectivity index (χ0v) is 21.9. The van der Waals surface area contributed by atoms with E-state index in [9.17, 15) is 0 Å². The van der Waals surface area contributed by atoms with E-state index in [0.717, 1.165) is 18.1 Å². The first kappa shape index (κ1) is 26.7. The molecule has 7 nitrogen and oxygen atoms in total. The number of anilines is 1. The highest BCUT2D eigenvalue weighted by atomic mass is 127. The number of rotatable bonds is 9. The van der Waals surface area contributed by atoms with Gasteiger partial charge >= 0.3 is 0 Å². The molecule has 172 valence electrons. The summed E-state index contributed by atoms with van der Waals surface area (Å²) in [6.07, 6.45) is 0. The van der Waals surface area contributed by atoms with E-state index in [1.54, 1.807) is 21.3 Å². The average Bonchev–Trinajstić information content (AvgIpc) is 2.75. The molecule has 2 aromatic rings. The van der Waals surface area contributed by atoms with Crippen molar-refractivity contribution in [3.05, 3.63) is 47.0 Å². The standard InChI is InChI=1S/C23H34N4O3.HI/c1-8-24-23(26-15-18-9-10-19(27(3)4)11-16(18)2)25-14-17-12-20(28-5)22(30-7)21(13-17)29-6;/h9-13H,8,14-15H2,1-7H3,(H2,24,25,26);1H. The van der Waals surface area contributed by atoms with E-state index in [1.807, 2.05) is 33.2 Å². The zero-order valence-electron chi connectivity index (χ0n) is 19.5. The van der Waals surface area contributed by atoms with E-state index in [1.165, 1.54) is 16.8 Å². The minimum Gasteiger partial charge on any atom is -0.493 e. The van der Waals surface area contributed by atoms with Crippen LogP contribution in [0.2, 0.25) is 0 Å². The van der Waals surface area contributed by atoms with Crippen LogP contribution < -0.4 is 29.7 Å². The first-order valence-electron chi connectivity index (χ1n) is 10.0. The van der Waals surface area contributed by atoms with Crippen molar-refractivity contribution in [2.75, 3.05) is 46.9 Å². The van der Waals surface area contributed by atoms with Gasteiger partial charge in [0.05, 0.1) is 27.9 Å². The highest BCUT2D eigenvalue weighted by Gasteiger charge is 2.13. The Balaban J connectivity index is 0.00000480. The number of aliphatic imine (C=N–C) groups is 1. The van der Waals surface area contributed by atoms with Gasteiger partial charge < -0.3 is 29.7 Å². The van der Waals surface area contributed by atoms with Crippen LogP contribution >= 0.6 is 24.0 Å². The molecule has 0 aliphatic rings. The summed E-state index contributed by atoms with van der Waals surface area (Å²) in [7, 11) is 8.91. The topological polar surface area (TPSA) is 67.4 Å². The predicted octanol–water partition coefficient (Wildman–Crippen LogP) is 3.96. The third kappa shape index (κ3) is 7.37. The molecule has 2 N–H and O–H groups in total. The van der Waals surface area contributed by atoms with Gasteiger partial charge in [-0.25, -0.2) is 4.99 Å². The summed E-state index contributed by atoms with van der Waals surface area (Å²) in [5, 5.41) is 6.71. The third-order valence-corrected chi connectivity index (χ3v) is 4.78. The van der Waals surface area contributed by atoms with Crippen molar-refractivity contribution in [3.63, 3.8) is 0 Å². The van der Waals surface area contributed by atoms with Crippen LogP contribution in [0.25, 0.3) is 0 Å². The van der Waals surface area contributed by atoms with E-state index in [4.69, 9.17) is 19.2 Å². The Bertz CT molecular complexity index is 847. The second kappa shape index (κ2) is 13.1. The van der Waals surface area contributed by atoms with Gasteiger partial charge in [0, 0.05) is 32.9 Å². The quantitative estimate of drug-likeness (QED) is 0.284. The second-order valence-electron chi connectivity index (χ2n) is 7.09. The lowest BCUT2D eigenvalue weighted by Crippen LogP contribution is -2.37. The molecule has 0 aliphatic heterocycles. The van der Waals surface area contributed by atoms with Crippen molar-refractivity contribution >= 4 is 35.6 Å². The number of nitrogens with one attached hydrogen (secondary N) is 2. The van der Waals surface area contributed by atoms with Crippen molar-refractivity contribution < 1.29 is 14.2 Å². The summed E-state index contributed by atoms with van der Waals surface area (Å²) in [6, 6.07) is 10.3. The summed E-state index contributed by atoms with van der Waals surface area (Å²) in [4.78, 5) is 6.82. The maximum Gasteiger partial charge on any atom is 0.203 e. The van der Waals surface area contributed by atoms with Crippen LogP contribution in [-0.4, -0.2) is 47.9 Å². The summed E-state index contributed by atoms with van der Waals surface area (Å²) >= 11 is 0. The fourth-order valence-corrected chi connectivity index (χ4v) is 3.07. The van der Waals surface area contributed by atoms with E-state index >= 15 is 0 Å². The molecule has 0 radical (unpaired) electrons. The monoisotopic (exact) mass is 542 g/mol. The number of benzene rings is 2. The summed E-state index contributed by atoms with van der Waals surface area (Å²) in [6.45, 7) is 6.13. The van der Waals surface area contributed by atoms with Gasteiger partial charge in [0.25, 0.3) is 0 Å². The molecule has 0 amide bonds. The first-order chi connectivity index (χ1) is 14.4. The molecule has 0 fully saturated rings. The molecular formula is C23H35IN4O3. The first-order valence-corrected chi connectivity index (χ1v) is 10.0. The molecule has 0 heterocycles. The van der Waals surface area contributed by atoms with Crippen LogP contribution in [0.3, 0.4) is 0 Å². The fourth-order valence-electron chi connectivity index (χ4n) is 3.07. The predicted molar refractivity (Wildman–Crippen MR) is 139 cm³/mol. The van der Waals surface area contributed by atoms with E-state index in [2.05, 4.69) is 40.7 Å². The molecule has 2 aromatic carbocycles. The van der Waals surface area contributed by atoms with E-state index in [0.29, 0.717) is 30.3 Å². The highest BCUT2D eigenvalue weighted by Crippen LogP contribution is 2.38. The molecule has 0 bridgehead atoms. The van der Waals surface area contributed by atoms with Gasteiger partial charge in [0.1, 0.15) is 0 Å². The summed E-state index contributed by atoms with van der Waals surface area (Å²) in [5.41, 5.74) is 4.64. The lowest BCUT2D eigenvalue weighted by molar-refractivity contribution is 0.324. The van der Waals surface area contributed by atoms with Crippen molar-refractivity contribution in [2.45, 2.75) is 26.9 Å². The summed E-state index contributed by atoms with van der Waals surface area (Å²) < 4.78 is 16.2. The Morgan fingerprint density at radius 1 is 0.968 bits per heavy atom. The minimum atomic E-state index is 0. The number of ether oxygens (including phenoxy) is 3. The normalized spacial score (nSPS) is 10.7. The van der Waals surface area contributed by atoms with Crippen molar-refractivity contribution in [1.82, 2.24) is 10.6 Å².